The standard InChI is InChI=1S/C10H6BrN3O2/c11-7-2-1-3-12-8(7)9-13-4-6(5-14-9)10(15)16/h1-5H,(H,15,16). The maximum atomic E-state index is 10.6. The number of halogens is 1. The molecular formula is C10H6BrN3O2. The first-order chi connectivity index (χ1) is 7.68. The second kappa shape index (κ2) is 4.36. The molecule has 0 spiro atoms. The summed E-state index contributed by atoms with van der Waals surface area (Å²) >= 11 is 3.32. The van der Waals surface area contributed by atoms with E-state index in [1.54, 1.807) is 12.3 Å². The summed E-state index contributed by atoms with van der Waals surface area (Å²) in [4.78, 5) is 22.6. The molecule has 0 aliphatic carbocycles. The Labute approximate surface area is 99.3 Å². The third kappa shape index (κ3) is 2.06. The van der Waals surface area contributed by atoms with E-state index in [1.807, 2.05) is 6.07 Å². The van der Waals surface area contributed by atoms with E-state index in [1.165, 1.54) is 12.4 Å². The van der Waals surface area contributed by atoms with Gasteiger partial charge in [0.1, 0.15) is 5.69 Å². The van der Waals surface area contributed by atoms with Gasteiger partial charge in [0.25, 0.3) is 0 Å². The van der Waals surface area contributed by atoms with Gasteiger partial charge in [0, 0.05) is 23.1 Å². The molecule has 6 heteroatoms. The lowest BCUT2D eigenvalue weighted by molar-refractivity contribution is 0.0696. The Morgan fingerprint density at radius 3 is 2.50 bits per heavy atom. The Bertz CT molecular complexity index is 528. The molecule has 0 radical (unpaired) electrons. The summed E-state index contributed by atoms with van der Waals surface area (Å²) in [5.41, 5.74) is 0.634. The number of rotatable bonds is 2. The molecule has 2 rings (SSSR count). The van der Waals surface area contributed by atoms with Crippen LogP contribution in [0, 0.1) is 0 Å². The molecular weight excluding hydrogens is 274 g/mol. The van der Waals surface area contributed by atoms with Crippen LogP contribution in [0.5, 0.6) is 0 Å². The van der Waals surface area contributed by atoms with Crippen molar-refractivity contribution in [2.75, 3.05) is 0 Å². The van der Waals surface area contributed by atoms with Crippen LogP contribution < -0.4 is 0 Å². The number of pyridine rings is 1. The van der Waals surface area contributed by atoms with Crippen LogP contribution in [-0.4, -0.2) is 26.0 Å². The summed E-state index contributed by atoms with van der Waals surface area (Å²) in [7, 11) is 0. The molecule has 0 saturated heterocycles. The minimum atomic E-state index is -1.05. The van der Waals surface area contributed by atoms with E-state index in [0.29, 0.717) is 11.5 Å². The van der Waals surface area contributed by atoms with E-state index in [4.69, 9.17) is 5.11 Å². The molecule has 5 nitrogen and oxygen atoms in total. The topological polar surface area (TPSA) is 76.0 Å². The Kier molecular flexibility index (Phi) is 2.91. The van der Waals surface area contributed by atoms with Crippen LogP contribution in [0.4, 0.5) is 0 Å². The minimum absolute atomic E-state index is 0.0517. The fourth-order valence-electron chi connectivity index (χ4n) is 1.11. The van der Waals surface area contributed by atoms with Crippen LogP contribution in [-0.2, 0) is 0 Å². The van der Waals surface area contributed by atoms with Crippen molar-refractivity contribution in [1.82, 2.24) is 15.0 Å². The number of hydrogen-bond acceptors (Lipinski definition) is 4. The third-order valence-corrected chi connectivity index (χ3v) is 2.51. The number of carboxylic acids is 1. The number of carboxylic acid groups (broad SMARTS) is 1. The molecule has 0 unspecified atom stereocenters. The zero-order chi connectivity index (χ0) is 11.5. The molecule has 0 aromatic carbocycles. The van der Waals surface area contributed by atoms with Gasteiger partial charge < -0.3 is 5.11 Å². The molecule has 0 atom stereocenters. The van der Waals surface area contributed by atoms with Gasteiger partial charge in [-0.05, 0) is 28.1 Å². The van der Waals surface area contributed by atoms with E-state index in [-0.39, 0.29) is 5.56 Å². The zero-order valence-electron chi connectivity index (χ0n) is 7.96. The van der Waals surface area contributed by atoms with Crippen molar-refractivity contribution >= 4 is 21.9 Å². The molecule has 2 aromatic heterocycles. The highest BCUT2D eigenvalue weighted by atomic mass is 79.9. The van der Waals surface area contributed by atoms with Gasteiger partial charge in [-0.3, -0.25) is 4.98 Å². The summed E-state index contributed by atoms with van der Waals surface area (Å²) in [6.07, 6.45) is 4.13. The predicted octanol–water partition coefficient (Wildman–Crippen LogP) is 2.00. The third-order valence-electron chi connectivity index (χ3n) is 1.87. The van der Waals surface area contributed by atoms with Gasteiger partial charge in [-0.15, -0.1) is 0 Å². The van der Waals surface area contributed by atoms with Crippen molar-refractivity contribution < 1.29 is 9.90 Å². The van der Waals surface area contributed by atoms with Crippen LogP contribution in [0.15, 0.2) is 35.2 Å². The van der Waals surface area contributed by atoms with E-state index in [0.717, 1.165) is 4.47 Å². The van der Waals surface area contributed by atoms with E-state index in [2.05, 4.69) is 30.9 Å². The number of hydrogen-bond donors (Lipinski definition) is 1. The predicted molar refractivity (Wildman–Crippen MR) is 59.9 cm³/mol. The summed E-state index contributed by atoms with van der Waals surface area (Å²) in [5.74, 6) is -0.663. The molecule has 80 valence electrons. The van der Waals surface area contributed by atoms with Crippen LogP contribution in [0.3, 0.4) is 0 Å². The van der Waals surface area contributed by atoms with E-state index < -0.39 is 5.97 Å². The van der Waals surface area contributed by atoms with Gasteiger partial charge in [-0.25, -0.2) is 14.8 Å². The van der Waals surface area contributed by atoms with Crippen LogP contribution in [0.1, 0.15) is 10.4 Å². The highest BCUT2D eigenvalue weighted by molar-refractivity contribution is 9.10. The fourth-order valence-corrected chi connectivity index (χ4v) is 1.54. The number of aromatic nitrogens is 3. The largest absolute Gasteiger partial charge is 0.478 e. The molecule has 0 saturated carbocycles. The fraction of sp³-hybridized carbons (Fsp3) is 0. The molecule has 0 bridgehead atoms. The SMILES string of the molecule is O=C(O)c1cnc(-c2ncccc2Br)nc1. The monoisotopic (exact) mass is 279 g/mol. The minimum Gasteiger partial charge on any atom is -0.478 e. The highest BCUT2D eigenvalue weighted by Gasteiger charge is 2.09. The first-order valence-corrected chi connectivity index (χ1v) is 5.14. The quantitative estimate of drug-likeness (QED) is 0.910. The summed E-state index contributed by atoms with van der Waals surface area (Å²) in [6.45, 7) is 0. The number of aromatic carboxylic acids is 1. The van der Waals surface area contributed by atoms with Crippen molar-refractivity contribution in [2.24, 2.45) is 0 Å². The second-order valence-electron chi connectivity index (χ2n) is 2.93. The molecule has 0 fully saturated rings. The Balaban J connectivity index is 2.43. The van der Waals surface area contributed by atoms with Crippen LogP contribution in [0.25, 0.3) is 11.5 Å². The summed E-state index contributed by atoms with van der Waals surface area (Å²) in [5, 5.41) is 8.70. The average molecular weight is 280 g/mol. The summed E-state index contributed by atoms with van der Waals surface area (Å²) < 4.78 is 0.762. The molecule has 0 aliphatic heterocycles. The Hall–Kier alpha value is -1.82. The van der Waals surface area contributed by atoms with Gasteiger partial charge in [-0.2, -0.15) is 0 Å². The lowest BCUT2D eigenvalue weighted by atomic mass is 10.3. The normalized spacial score (nSPS) is 10.1. The van der Waals surface area contributed by atoms with Crippen molar-refractivity contribution in [3.8, 4) is 11.5 Å². The van der Waals surface area contributed by atoms with Crippen molar-refractivity contribution in [1.29, 1.82) is 0 Å². The lowest BCUT2D eigenvalue weighted by Crippen LogP contribution is -2.00. The second-order valence-corrected chi connectivity index (χ2v) is 3.79. The van der Waals surface area contributed by atoms with Crippen LogP contribution in [0.2, 0.25) is 0 Å². The molecule has 2 heterocycles. The average Bonchev–Trinajstić information content (AvgIpc) is 2.30. The molecule has 0 amide bonds. The maximum absolute atomic E-state index is 10.6. The van der Waals surface area contributed by atoms with E-state index in [9.17, 15) is 4.79 Å². The van der Waals surface area contributed by atoms with Gasteiger partial charge in [-0.1, -0.05) is 0 Å². The summed E-state index contributed by atoms with van der Waals surface area (Å²) in [6, 6.07) is 3.59. The molecule has 2 aromatic rings. The molecule has 1 N–H and O–H groups in total. The first-order valence-electron chi connectivity index (χ1n) is 4.34. The Morgan fingerprint density at radius 1 is 1.25 bits per heavy atom. The Morgan fingerprint density at radius 2 is 1.94 bits per heavy atom. The van der Waals surface area contributed by atoms with Crippen LogP contribution >= 0.6 is 15.9 Å². The number of nitrogens with zero attached hydrogens (tertiary/aromatic N) is 3. The van der Waals surface area contributed by atoms with Gasteiger partial charge in [0.15, 0.2) is 5.82 Å². The van der Waals surface area contributed by atoms with Gasteiger partial charge >= 0.3 is 5.97 Å². The van der Waals surface area contributed by atoms with Gasteiger partial charge in [0.05, 0.1) is 5.56 Å². The van der Waals surface area contributed by atoms with Gasteiger partial charge in [0.2, 0.25) is 0 Å². The highest BCUT2D eigenvalue weighted by Crippen LogP contribution is 2.21. The zero-order valence-corrected chi connectivity index (χ0v) is 9.55. The van der Waals surface area contributed by atoms with Crippen molar-refractivity contribution in [3.05, 3.63) is 40.8 Å². The molecule has 16 heavy (non-hydrogen) atoms. The van der Waals surface area contributed by atoms with Crippen molar-refractivity contribution in [3.63, 3.8) is 0 Å². The smallest absolute Gasteiger partial charge is 0.338 e. The number of carbonyl (C=O) groups is 1. The lowest BCUT2D eigenvalue weighted by Gasteiger charge is -2.01. The van der Waals surface area contributed by atoms with E-state index >= 15 is 0 Å². The molecule has 0 aliphatic rings. The first kappa shape index (κ1) is 10.7. The van der Waals surface area contributed by atoms with Crippen molar-refractivity contribution in [2.45, 2.75) is 0 Å². The maximum Gasteiger partial charge on any atom is 0.338 e.